The molecule has 3 rings (SSSR count). The summed E-state index contributed by atoms with van der Waals surface area (Å²) < 4.78 is 24.3. The van der Waals surface area contributed by atoms with E-state index in [4.69, 9.17) is 5.14 Å². The Balaban J connectivity index is 1.95. The molecule has 1 aromatic carbocycles. The maximum absolute atomic E-state index is 11.3. The van der Waals surface area contributed by atoms with Gasteiger partial charge >= 0.3 is 0 Å². The van der Waals surface area contributed by atoms with Gasteiger partial charge < -0.3 is 5.32 Å². The maximum Gasteiger partial charge on any atom is 0.238 e. The van der Waals surface area contributed by atoms with E-state index in [2.05, 4.69) is 15.4 Å². The maximum atomic E-state index is 11.3. The second kappa shape index (κ2) is 5.39. The van der Waals surface area contributed by atoms with Gasteiger partial charge in [0, 0.05) is 18.4 Å². The quantitative estimate of drug-likeness (QED) is 0.764. The third-order valence-corrected chi connectivity index (χ3v) is 4.23. The van der Waals surface area contributed by atoms with Gasteiger partial charge in [0.05, 0.1) is 22.2 Å². The van der Waals surface area contributed by atoms with Crippen molar-refractivity contribution in [3.8, 4) is 0 Å². The van der Waals surface area contributed by atoms with Gasteiger partial charge in [-0.3, -0.25) is 0 Å². The first-order valence-corrected chi connectivity index (χ1v) is 8.24. The van der Waals surface area contributed by atoms with Gasteiger partial charge in [0.1, 0.15) is 0 Å². The number of rotatable bonds is 4. The zero-order chi connectivity index (χ0) is 15.7. The second-order valence-electron chi connectivity index (χ2n) is 4.75. The Bertz CT molecular complexity index is 916. The number of primary sulfonamides is 1. The summed E-state index contributed by atoms with van der Waals surface area (Å²) in [4.78, 5) is 4.41. The highest BCUT2D eigenvalue weighted by Crippen LogP contribution is 2.25. The number of nitrogens with zero attached hydrogens (tertiary/aromatic N) is 3. The van der Waals surface area contributed by atoms with Gasteiger partial charge in [0.2, 0.25) is 10.0 Å². The van der Waals surface area contributed by atoms with E-state index in [1.165, 1.54) is 12.1 Å². The summed E-state index contributed by atoms with van der Waals surface area (Å²) in [6.45, 7) is 2.74. The van der Waals surface area contributed by atoms with Crippen LogP contribution in [-0.4, -0.2) is 23.2 Å². The molecule has 0 bridgehead atoms. The van der Waals surface area contributed by atoms with Gasteiger partial charge in [-0.05, 0) is 37.3 Å². The molecule has 7 nitrogen and oxygen atoms in total. The largest absolute Gasteiger partial charge is 0.355 e. The molecule has 8 heteroatoms. The molecule has 0 saturated carbocycles. The minimum Gasteiger partial charge on any atom is -0.355 e. The van der Waals surface area contributed by atoms with Gasteiger partial charge in [-0.15, -0.1) is 0 Å². The van der Waals surface area contributed by atoms with E-state index in [1.54, 1.807) is 24.5 Å². The molecule has 0 unspecified atom stereocenters. The van der Waals surface area contributed by atoms with Gasteiger partial charge in [0.15, 0.2) is 5.65 Å². The predicted octanol–water partition coefficient (Wildman–Crippen LogP) is 1.84. The van der Waals surface area contributed by atoms with E-state index < -0.39 is 10.0 Å². The van der Waals surface area contributed by atoms with Crippen LogP contribution in [0.2, 0.25) is 0 Å². The third-order valence-electron chi connectivity index (χ3n) is 3.30. The summed E-state index contributed by atoms with van der Waals surface area (Å²) in [6.07, 6.45) is 3.46. The van der Waals surface area contributed by atoms with E-state index in [1.807, 2.05) is 17.7 Å². The topological polar surface area (TPSA) is 103 Å². The number of benzene rings is 1. The molecular weight excluding hydrogens is 302 g/mol. The summed E-state index contributed by atoms with van der Waals surface area (Å²) in [5, 5.41) is 13.5. The molecule has 3 aromatic rings. The smallest absolute Gasteiger partial charge is 0.238 e. The van der Waals surface area contributed by atoms with Crippen LogP contribution in [0.15, 0.2) is 47.6 Å². The first-order chi connectivity index (χ1) is 10.5. The minimum absolute atomic E-state index is 0.0803. The molecule has 0 spiro atoms. The molecular formula is C14H15N5O2S. The Morgan fingerprint density at radius 1 is 1.23 bits per heavy atom. The third kappa shape index (κ3) is 2.66. The van der Waals surface area contributed by atoms with Gasteiger partial charge in [-0.2, -0.15) is 5.10 Å². The van der Waals surface area contributed by atoms with E-state index in [0.29, 0.717) is 0 Å². The fourth-order valence-corrected chi connectivity index (χ4v) is 2.72. The lowest BCUT2D eigenvalue weighted by Gasteiger charge is -2.08. The Morgan fingerprint density at radius 3 is 2.59 bits per heavy atom. The van der Waals surface area contributed by atoms with Crippen LogP contribution in [0.4, 0.5) is 11.4 Å². The number of aromatic nitrogens is 3. The van der Waals surface area contributed by atoms with Crippen LogP contribution in [-0.2, 0) is 16.6 Å². The average Bonchev–Trinajstić information content (AvgIpc) is 2.91. The highest BCUT2D eigenvalue weighted by molar-refractivity contribution is 7.89. The summed E-state index contributed by atoms with van der Waals surface area (Å²) in [6, 6.07) is 8.10. The van der Waals surface area contributed by atoms with Gasteiger partial charge in [0.25, 0.3) is 0 Å². The summed E-state index contributed by atoms with van der Waals surface area (Å²) in [7, 11) is -3.68. The number of anilines is 2. The number of nitrogens with one attached hydrogen (secondary N) is 1. The summed E-state index contributed by atoms with van der Waals surface area (Å²) in [5.41, 5.74) is 2.41. The molecule has 0 amide bonds. The lowest BCUT2D eigenvalue weighted by Crippen LogP contribution is -2.11. The fraction of sp³-hybridized carbons (Fsp3) is 0.143. The minimum atomic E-state index is -3.68. The summed E-state index contributed by atoms with van der Waals surface area (Å²) >= 11 is 0. The molecule has 0 atom stereocenters. The molecule has 0 aliphatic carbocycles. The molecule has 114 valence electrons. The zero-order valence-electron chi connectivity index (χ0n) is 11.9. The molecule has 0 aliphatic heterocycles. The van der Waals surface area contributed by atoms with Crippen molar-refractivity contribution >= 4 is 32.4 Å². The van der Waals surface area contributed by atoms with Crippen molar-refractivity contribution in [3.63, 3.8) is 0 Å². The second-order valence-corrected chi connectivity index (χ2v) is 6.31. The van der Waals surface area contributed by atoms with Crippen molar-refractivity contribution in [2.24, 2.45) is 5.14 Å². The predicted molar refractivity (Wildman–Crippen MR) is 84.3 cm³/mol. The van der Waals surface area contributed by atoms with Crippen LogP contribution in [0, 0.1) is 0 Å². The Hall–Kier alpha value is -2.45. The number of hydrogen-bond donors (Lipinski definition) is 2. The number of aryl methyl sites for hydroxylation is 1. The molecule has 0 fully saturated rings. The molecule has 22 heavy (non-hydrogen) atoms. The van der Waals surface area contributed by atoms with E-state index in [0.717, 1.165) is 29.0 Å². The number of nitrogens with two attached hydrogens (primary N) is 1. The Kier molecular flexibility index (Phi) is 3.55. The van der Waals surface area contributed by atoms with Crippen LogP contribution in [0.3, 0.4) is 0 Å². The van der Waals surface area contributed by atoms with Crippen LogP contribution in [0.1, 0.15) is 6.92 Å². The number of fused-ring (bicyclic) bond motifs is 1. The van der Waals surface area contributed by atoms with Crippen molar-refractivity contribution in [1.29, 1.82) is 0 Å². The molecule has 2 aromatic heterocycles. The SMILES string of the molecule is CCn1ncc2c(Nc3ccc(S(N)(=O)=O)cc3)ccnc21. The highest BCUT2D eigenvalue weighted by atomic mass is 32.2. The summed E-state index contributed by atoms with van der Waals surface area (Å²) in [5.74, 6) is 0. The monoisotopic (exact) mass is 317 g/mol. The van der Waals surface area contributed by atoms with Crippen molar-refractivity contribution in [1.82, 2.24) is 14.8 Å². The highest BCUT2D eigenvalue weighted by Gasteiger charge is 2.09. The van der Waals surface area contributed by atoms with Crippen molar-refractivity contribution < 1.29 is 8.42 Å². The van der Waals surface area contributed by atoms with Crippen LogP contribution < -0.4 is 10.5 Å². The van der Waals surface area contributed by atoms with Crippen LogP contribution in [0.5, 0.6) is 0 Å². The fourth-order valence-electron chi connectivity index (χ4n) is 2.20. The number of pyridine rings is 1. The Morgan fingerprint density at radius 2 is 1.95 bits per heavy atom. The molecule has 0 saturated heterocycles. The average molecular weight is 317 g/mol. The molecule has 2 heterocycles. The number of hydrogen-bond acceptors (Lipinski definition) is 5. The lowest BCUT2D eigenvalue weighted by atomic mass is 10.2. The molecule has 3 N–H and O–H groups in total. The van der Waals surface area contributed by atoms with Gasteiger partial charge in [-0.25, -0.2) is 23.2 Å². The number of sulfonamides is 1. The Labute approximate surface area is 127 Å². The van der Waals surface area contributed by atoms with E-state index in [9.17, 15) is 8.42 Å². The standard InChI is InChI=1S/C14H15N5O2S/c1-2-19-14-12(9-17-19)13(7-8-16-14)18-10-3-5-11(6-4-10)22(15,20)21/h3-9H,2H2,1H3,(H,16,18)(H2,15,20,21). The van der Waals surface area contributed by atoms with E-state index >= 15 is 0 Å². The lowest BCUT2D eigenvalue weighted by molar-refractivity contribution is 0.598. The van der Waals surface area contributed by atoms with Crippen molar-refractivity contribution in [2.75, 3.05) is 5.32 Å². The molecule has 0 aliphatic rings. The first-order valence-electron chi connectivity index (χ1n) is 6.69. The van der Waals surface area contributed by atoms with Crippen molar-refractivity contribution in [3.05, 3.63) is 42.7 Å². The van der Waals surface area contributed by atoms with Crippen molar-refractivity contribution in [2.45, 2.75) is 18.4 Å². The first kappa shape index (κ1) is 14.5. The normalized spacial score (nSPS) is 11.7. The van der Waals surface area contributed by atoms with Crippen LogP contribution in [0.25, 0.3) is 11.0 Å². The molecule has 0 radical (unpaired) electrons. The van der Waals surface area contributed by atoms with Gasteiger partial charge in [-0.1, -0.05) is 0 Å². The van der Waals surface area contributed by atoms with Crippen LogP contribution >= 0.6 is 0 Å². The zero-order valence-corrected chi connectivity index (χ0v) is 12.7. The van der Waals surface area contributed by atoms with E-state index in [-0.39, 0.29) is 4.90 Å².